The first-order chi connectivity index (χ1) is 8.14. The van der Waals surface area contributed by atoms with Crippen molar-refractivity contribution in [2.45, 2.75) is 71.9 Å². The van der Waals surface area contributed by atoms with Gasteiger partial charge in [-0.1, -0.05) is 19.8 Å². The first-order valence-corrected chi connectivity index (χ1v) is 6.68. The molecule has 1 saturated carbocycles. The molecule has 0 unspecified atom stereocenters. The van der Waals surface area contributed by atoms with Gasteiger partial charge < -0.3 is 10.1 Å². The van der Waals surface area contributed by atoms with Crippen molar-refractivity contribution >= 4 is 11.9 Å². The zero-order valence-electron chi connectivity index (χ0n) is 12.1. The fraction of sp³-hybridized carbons (Fsp3) is 0.857. The van der Waals surface area contributed by atoms with Crippen LogP contribution in [0.15, 0.2) is 0 Å². The van der Waals surface area contributed by atoms with Gasteiger partial charge in [0, 0.05) is 5.41 Å². The molecule has 0 radical (unpaired) electrons. The minimum Gasteiger partial charge on any atom is -0.458 e. The molecule has 0 bridgehead atoms. The van der Waals surface area contributed by atoms with Gasteiger partial charge in [-0.2, -0.15) is 0 Å². The summed E-state index contributed by atoms with van der Waals surface area (Å²) in [6, 6.07) is -0.589. The van der Waals surface area contributed by atoms with E-state index in [0.717, 1.165) is 25.7 Å². The smallest absolute Gasteiger partial charge is 0.328 e. The molecule has 1 aliphatic rings. The van der Waals surface area contributed by atoms with Crippen LogP contribution < -0.4 is 5.32 Å². The molecule has 0 aromatic carbocycles. The van der Waals surface area contributed by atoms with Crippen molar-refractivity contribution in [3.05, 3.63) is 0 Å². The van der Waals surface area contributed by atoms with Crippen molar-refractivity contribution in [1.82, 2.24) is 5.32 Å². The fourth-order valence-electron chi connectivity index (χ4n) is 2.20. The summed E-state index contributed by atoms with van der Waals surface area (Å²) in [5.41, 5.74) is -0.830. The highest BCUT2D eigenvalue weighted by Crippen LogP contribution is 2.37. The predicted molar refractivity (Wildman–Crippen MR) is 70.0 cm³/mol. The van der Waals surface area contributed by atoms with E-state index in [2.05, 4.69) is 5.32 Å². The average molecular weight is 255 g/mol. The lowest BCUT2D eigenvalue weighted by molar-refractivity contribution is -0.158. The highest BCUT2D eigenvalue weighted by molar-refractivity contribution is 5.87. The monoisotopic (exact) mass is 255 g/mol. The standard InChI is InChI=1S/C14H25NO3/c1-10(11(16)18-13(2,3)4)15-12(17)14(5)8-6-7-9-14/h10H,6-9H2,1-5H3,(H,15,17)/t10-/m1/s1. The van der Waals surface area contributed by atoms with Crippen LogP contribution >= 0.6 is 0 Å². The first kappa shape index (κ1) is 15.0. The minimum absolute atomic E-state index is 0.0293. The molecule has 1 fully saturated rings. The molecule has 104 valence electrons. The molecule has 4 nitrogen and oxygen atoms in total. The van der Waals surface area contributed by atoms with E-state index in [1.54, 1.807) is 6.92 Å². The summed E-state index contributed by atoms with van der Waals surface area (Å²) >= 11 is 0. The summed E-state index contributed by atoms with van der Waals surface area (Å²) in [6.45, 7) is 9.09. The fourth-order valence-corrected chi connectivity index (χ4v) is 2.20. The predicted octanol–water partition coefficient (Wildman–Crippen LogP) is 2.41. The quantitative estimate of drug-likeness (QED) is 0.788. The van der Waals surface area contributed by atoms with E-state index in [0.29, 0.717) is 0 Å². The number of hydrogen-bond donors (Lipinski definition) is 1. The third-order valence-electron chi connectivity index (χ3n) is 3.36. The molecule has 0 aliphatic heterocycles. The van der Waals surface area contributed by atoms with E-state index in [4.69, 9.17) is 4.74 Å². The Morgan fingerprint density at radius 3 is 2.17 bits per heavy atom. The zero-order valence-corrected chi connectivity index (χ0v) is 12.1. The molecular weight excluding hydrogens is 230 g/mol. The molecule has 1 aliphatic carbocycles. The van der Waals surface area contributed by atoms with Gasteiger partial charge in [-0.15, -0.1) is 0 Å². The molecule has 18 heavy (non-hydrogen) atoms. The second kappa shape index (κ2) is 5.29. The molecule has 1 rings (SSSR count). The van der Waals surface area contributed by atoms with Gasteiger partial charge in [-0.3, -0.25) is 4.79 Å². The van der Waals surface area contributed by atoms with E-state index < -0.39 is 11.6 Å². The molecule has 0 spiro atoms. The zero-order chi connectivity index (χ0) is 14.0. The van der Waals surface area contributed by atoms with Crippen LogP contribution in [0, 0.1) is 5.41 Å². The van der Waals surface area contributed by atoms with Crippen molar-refractivity contribution in [2.75, 3.05) is 0 Å². The maximum Gasteiger partial charge on any atom is 0.328 e. The van der Waals surface area contributed by atoms with Crippen molar-refractivity contribution in [2.24, 2.45) is 5.41 Å². The Hall–Kier alpha value is -1.06. The van der Waals surface area contributed by atoms with Gasteiger partial charge in [0.25, 0.3) is 0 Å². The Morgan fingerprint density at radius 2 is 1.72 bits per heavy atom. The highest BCUT2D eigenvalue weighted by Gasteiger charge is 2.37. The topological polar surface area (TPSA) is 55.4 Å². The third kappa shape index (κ3) is 4.00. The summed E-state index contributed by atoms with van der Waals surface area (Å²) in [4.78, 5) is 23.9. The van der Waals surface area contributed by atoms with Gasteiger partial charge in [0.1, 0.15) is 11.6 Å². The number of rotatable bonds is 3. The molecule has 1 atom stereocenters. The van der Waals surface area contributed by atoms with Crippen LogP contribution in [0.2, 0.25) is 0 Å². The number of amides is 1. The largest absolute Gasteiger partial charge is 0.458 e. The summed E-state index contributed by atoms with van der Waals surface area (Å²) in [5, 5.41) is 2.77. The van der Waals surface area contributed by atoms with Crippen LogP contribution in [-0.4, -0.2) is 23.5 Å². The summed E-state index contributed by atoms with van der Waals surface area (Å²) in [5.74, 6) is -0.407. The van der Waals surface area contributed by atoms with E-state index in [9.17, 15) is 9.59 Å². The maximum atomic E-state index is 12.1. The number of ether oxygens (including phenoxy) is 1. The van der Waals surface area contributed by atoms with Gasteiger partial charge in [-0.05, 0) is 40.5 Å². The molecule has 4 heteroatoms. The van der Waals surface area contributed by atoms with Crippen molar-refractivity contribution in [3.8, 4) is 0 Å². The molecule has 0 aromatic heterocycles. The number of hydrogen-bond acceptors (Lipinski definition) is 3. The Morgan fingerprint density at radius 1 is 1.22 bits per heavy atom. The Balaban J connectivity index is 2.51. The number of esters is 1. The third-order valence-corrected chi connectivity index (χ3v) is 3.36. The lowest BCUT2D eigenvalue weighted by atomic mass is 9.87. The lowest BCUT2D eigenvalue weighted by Gasteiger charge is -2.26. The van der Waals surface area contributed by atoms with Crippen LogP contribution in [0.5, 0.6) is 0 Å². The molecular formula is C14H25NO3. The Labute approximate surface area is 109 Å². The normalized spacial score (nSPS) is 20.3. The number of carbonyl (C=O) groups excluding carboxylic acids is 2. The second-order valence-electron chi connectivity index (χ2n) is 6.50. The first-order valence-electron chi connectivity index (χ1n) is 6.68. The summed E-state index contributed by atoms with van der Waals surface area (Å²) < 4.78 is 5.24. The van der Waals surface area contributed by atoms with Gasteiger partial charge in [0.05, 0.1) is 0 Å². The molecule has 1 N–H and O–H groups in total. The second-order valence-corrected chi connectivity index (χ2v) is 6.50. The average Bonchev–Trinajstić information content (AvgIpc) is 2.63. The Bertz CT molecular complexity index is 324. The highest BCUT2D eigenvalue weighted by atomic mass is 16.6. The van der Waals surface area contributed by atoms with Crippen molar-refractivity contribution in [3.63, 3.8) is 0 Å². The van der Waals surface area contributed by atoms with Crippen molar-refractivity contribution < 1.29 is 14.3 Å². The number of carbonyl (C=O) groups is 2. The number of nitrogens with one attached hydrogen (secondary N) is 1. The van der Waals surface area contributed by atoms with E-state index in [1.807, 2.05) is 27.7 Å². The van der Waals surface area contributed by atoms with Gasteiger partial charge in [0.2, 0.25) is 5.91 Å². The maximum absolute atomic E-state index is 12.1. The van der Waals surface area contributed by atoms with E-state index in [-0.39, 0.29) is 17.3 Å². The Kier molecular flexibility index (Phi) is 4.41. The van der Waals surface area contributed by atoms with Crippen LogP contribution in [0.1, 0.15) is 60.3 Å². The SMILES string of the molecule is C[C@@H](NC(=O)C1(C)CCCC1)C(=O)OC(C)(C)C. The minimum atomic E-state index is -0.589. The van der Waals surface area contributed by atoms with Gasteiger partial charge in [-0.25, -0.2) is 4.79 Å². The van der Waals surface area contributed by atoms with Gasteiger partial charge in [0.15, 0.2) is 0 Å². The summed E-state index contributed by atoms with van der Waals surface area (Å²) in [6.07, 6.45) is 3.98. The molecule has 1 amide bonds. The summed E-state index contributed by atoms with van der Waals surface area (Å²) in [7, 11) is 0. The van der Waals surface area contributed by atoms with Gasteiger partial charge >= 0.3 is 5.97 Å². The van der Waals surface area contributed by atoms with E-state index in [1.165, 1.54) is 0 Å². The molecule has 0 aromatic rings. The van der Waals surface area contributed by atoms with E-state index >= 15 is 0 Å². The van der Waals surface area contributed by atoms with Crippen LogP contribution in [-0.2, 0) is 14.3 Å². The lowest BCUT2D eigenvalue weighted by Crippen LogP contribution is -2.47. The molecule has 0 heterocycles. The van der Waals surface area contributed by atoms with Crippen LogP contribution in [0.25, 0.3) is 0 Å². The van der Waals surface area contributed by atoms with Crippen molar-refractivity contribution in [1.29, 1.82) is 0 Å². The molecule has 0 saturated heterocycles. The van der Waals surface area contributed by atoms with Crippen LogP contribution in [0.4, 0.5) is 0 Å². The van der Waals surface area contributed by atoms with Crippen LogP contribution in [0.3, 0.4) is 0 Å².